The molecule has 0 aliphatic carbocycles. The molecule has 134 valence electrons. The number of hydrogen-bond donors (Lipinski definition) is 1. The number of hydrogen-bond acceptors (Lipinski definition) is 4. The molecule has 0 spiro atoms. The number of aryl methyl sites for hydroxylation is 1. The maximum Gasteiger partial charge on any atom is 0.226 e. The second-order valence-electron chi connectivity index (χ2n) is 5.80. The summed E-state index contributed by atoms with van der Waals surface area (Å²) in [6, 6.07) is 16.5. The Hall–Kier alpha value is -2.18. The second-order valence-corrected chi connectivity index (χ2v) is 7.64. The van der Waals surface area contributed by atoms with Crippen LogP contribution in [0.5, 0.6) is 0 Å². The molecular formula is C20H19FN2OS2. The minimum atomic E-state index is -0.217. The number of thiazole rings is 1. The van der Waals surface area contributed by atoms with Gasteiger partial charge in [0.05, 0.1) is 5.69 Å². The summed E-state index contributed by atoms with van der Waals surface area (Å²) in [5, 5.41) is 5.47. The summed E-state index contributed by atoms with van der Waals surface area (Å²) in [6.07, 6.45) is 1.16. The SMILES string of the molecule is O=C(CCc1ccccc1)Nc1nc(CSCc2ccc(F)cc2)cs1. The molecule has 0 fully saturated rings. The van der Waals surface area contributed by atoms with E-state index in [1.165, 1.54) is 23.5 Å². The van der Waals surface area contributed by atoms with Crippen LogP contribution < -0.4 is 5.32 Å². The molecule has 0 saturated heterocycles. The third-order valence-corrected chi connectivity index (χ3v) is 5.56. The first-order chi connectivity index (χ1) is 12.7. The summed E-state index contributed by atoms with van der Waals surface area (Å²) < 4.78 is 12.9. The number of carbonyl (C=O) groups is 1. The van der Waals surface area contributed by atoms with Crippen LogP contribution >= 0.6 is 23.1 Å². The first kappa shape index (κ1) is 18.6. The van der Waals surface area contributed by atoms with Crippen LogP contribution in [-0.4, -0.2) is 10.9 Å². The van der Waals surface area contributed by atoms with Crippen molar-refractivity contribution in [1.82, 2.24) is 4.98 Å². The Morgan fingerprint density at radius 1 is 1.04 bits per heavy atom. The number of nitrogens with one attached hydrogen (secondary N) is 1. The van der Waals surface area contributed by atoms with Crippen molar-refractivity contribution in [1.29, 1.82) is 0 Å². The van der Waals surface area contributed by atoms with E-state index in [4.69, 9.17) is 0 Å². The number of benzene rings is 2. The molecule has 1 heterocycles. The van der Waals surface area contributed by atoms with E-state index in [2.05, 4.69) is 10.3 Å². The summed E-state index contributed by atoms with van der Waals surface area (Å²) in [5.74, 6) is 1.32. The predicted octanol–water partition coefficient (Wildman–Crippen LogP) is 5.29. The Bertz CT molecular complexity index is 835. The Morgan fingerprint density at radius 3 is 2.58 bits per heavy atom. The number of halogens is 1. The molecule has 6 heteroatoms. The molecule has 3 aromatic rings. The van der Waals surface area contributed by atoms with Gasteiger partial charge >= 0.3 is 0 Å². The molecule has 3 nitrogen and oxygen atoms in total. The van der Waals surface area contributed by atoms with Gasteiger partial charge < -0.3 is 5.32 Å². The highest BCUT2D eigenvalue weighted by Crippen LogP contribution is 2.22. The van der Waals surface area contributed by atoms with E-state index in [-0.39, 0.29) is 11.7 Å². The zero-order valence-electron chi connectivity index (χ0n) is 14.2. The van der Waals surface area contributed by atoms with Crippen LogP contribution in [0.25, 0.3) is 0 Å². The van der Waals surface area contributed by atoms with Gasteiger partial charge in [-0.05, 0) is 29.7 Å². The third kappa shape index (κ3) is 5.97. The summed E-state index contributed by atoms with van der Waals surface area (Å²) in [4.78, 5) is 16.5. The minimum absolute atomic E-state index is 0.0197. The highest BCUT2D eigenvalue weighted by Gasteiger charge is 2.07. The van der Waals surface area contributed by atoms with Crippen LogP contribution in [0.1, 0.15) is 23.2 Å². The van der Waals surface area contributed by atoms with Gasteiger partial charge in [0, 0.05) is 23.3 Å². The van der Waals surface area contributed by atoms with Crippen molar-refractivity contribution in [2.24, 2.45) is 0 Å². The number of nitrogens with zero attached hydrogens (tertiary/aromatic N) is 1. The number of aromatic nitrogens is 1. The smallest absolute Gasteiger partial charge is 0.226 e. The summed E-state index contributed by atoms with van der Waals surface area (Å²) in [5.41, 5.74) is 3.18. The molecule has 3 rings (SSSR count). The van der Waals surface area contributed by atoms with Gasteiger partial charge in [-0.2, -0.15) is 11.8 Å². The van der Waals surface area contributed by atoms with Crippen molar-refractivity contribution in [3.05, 3.63) is 82.6 Å². The van der Waals surface area contributed by atoms with Crippen molar-refractivity contribution in [3.8, 4) is 0 Å². The Kier molecular flexibility index (Phi) is 6.80. The first-order valence-corrected chi connectivity index (χ1v) is 10.3. The maximum atomic E-state index is 12.9. The van der Waals surface area contributed by atoms with Crippen molar-refractivity contribution >= 4 is 34.1 Å². The summed E-state index contributed by atoms with van der Waals surface area (Å²) in [6.45, 7) is 0. The average molecular weight is 387 g/mol. The molecule has 1 amide bonds. The Morgan fingerprint density at radius 2 is 1.81 bits per heavy atom. The van der Waals surface area contributed by atoms with Gasteiger partial charge in [0.25, 0.3) is 0 Å². The fraction of sp³-hybridized carbons (Fsp3) is 0.200. The van der Waals surface area contributed by atoms with Crippen LogP contribution in [0, 0.1) is 5.82 Å². The quantitative estimate of drug-likeness (QED) is 0.572. The minimum Gasteiger partial charge on any atom is -0.302 e. The number of anilines is 1. The maximum absolute atomic E-state index is 12.9. The van der Waals surface area contributed by atoms with Gasteiger partial charge in [0.15, 0.2) is 5.13 Å². The molecule has 0 aliphatic rings. The Balaban J connectivity index is 1.41. The lowest BCUT2D eigenvalue weighted by molar-refractivity contribution is -0.116. The van der Waals surface area contributed by atoms with E-state index in [1.54, 1.807) is 23.9 Å². The van der Waals surface area contributed by atoms with E-state index >= 15 is 0 Å². The van der Waals surface area contributed by atoms with E-state index in [9.17, 15) is 9.18 Å². The number of rotatable bonds is 8. The zero-order chi connectivity index (χ0) is 18.2. The number of amides is 1. The van der Waals surface area contributed by atoms with Crippen LogP contribution in [0.4, 0.5) is 9.52 Å². The largest absolute Gasteiger partial charge is 0.302 e. The monoisotopic (exact) mass is 386 g/mol. The number of thioether (sulfide) groups is 1. The number of carbonyl (C=O) groups excluding carboxylic acids is 1. The van der Waals surface area contributed by atoms with Crippen molar-refractivity contribution in [2.45, 2.75) is 24.3 Å². The molecule has 1 aromatic heterocycles. The van der Waals surface area contributed by atoms with Crippen molar-refractivity contribution < 1.29 is 9.18 Å². The molecule has 0 saturated carbocycles. The molecule has 0 radical (unpaired) electrons. The van der Waals surface area contributed by atoms with Crippen LogP contribution in [0.2, 0.25) is 0 Å². The fourth-order valence-corrected chi connectivity index (χ4v) is 4.09. The van der Waals surface area contributed by atoms with Crippen molar-refractivity contribution in [2.75, 3.05) is 5.32 Å². The molecule has 1 N–H and O–H groups in total. The fourth-order valence-electron chi connectivity index (χ4n) is 2.37. The van der Waals surface area contributed by atoms with Gasteiger partial charge in [0.2, 0.25) is 5.91 Å². The molecule has 26 heavy (non-hydrogen) atoms. The molecular weight excluding hydrogens is 367 g/mol. The van der Waals surface area contributed by atoms with E-state index in [1.807, 2.05) is 35.7 Å². The van der Waals surface area contributed by atoms with Crippen LogP contribution in [0.15, 0.2) is 60.0 Å². The van der Waals surface area contributed by atoms with E-state index in [0.717, 1.165) is 34.7 Å². The lowest BCUT2D eigenvalue weighted by Crippen LogP contribution is -2.12. The van der Waals surface area contributed by atoms with E-state index in [0.29, 0.717) is 11.6 Å². The molecule has 2 aromatic carbocycles. The van der Waals surface area contributed by atoms with Crippen LogP contribution in [-0.2, 0) is 22.7 Å². The van der Waals surface area contributed by atoms with Crippen molar-refractivity contribution in [3.63, 3.8) is 0 Å². The van der Waals surface area contributed by atoms with Gasteiger partial charge in [-0.25, -0.2) is 9.37 Å². The standard InChI is InChI=1S/C20H19FN2OS2/c21-17-9-6-16(7-10-17)12-25-13-18-14-26-20(22-18)23-19(24)11-8-15-4-2-1-3-5-15/h1-7,9-10,14H,8,11-13H2,(H,22,23,24). The topological polar surface area (TPSA) is 42.0 Å². The summed E-state index contributed by atoms with van der Waals surface area (Å²) >= 11 is 3.16. The Labute approximate surface area is 160 Å². The molecule has 0 aliphatic heterocycles. The zero-order valence-corrected chi connectivity index (χ0v) is 15.8. The van der Waals surface area contributed by atoms with E-state index < -0.39 is 0 Å². The third-order valence-electron chi connectivity index (χ3n) is 3.71. The summed E-state index contributed by atoms with van der Waals surface area (Å²) in [7, 11) is 0. The van der Waals surface area contributed by atoms with Gasteiger partial charge in [-0.1, -0.05) is 42.5 Å². The lowest BCUT2D eigenvalue weighted by Gasteiger charge is -2.02. The average Bonchev–Trinajstić information content (AvgIpc) is 3.10. The lowest BCUT2D eigenvalue weighted by atomic mass is 10.1. The van der Waals surface area contributed by atoms with Gasteiger partial charge in [-0.15, -0.1) is 11.3 Å². The predicted molar refractivity (Wildman–Crippen MR) is 107 cm³/mol. The second kappa shape index (κ2) is 9.50. The molecule has 0 unspecified atom stereocenters. The van der Waals surface area contributed by atoms with Gasteiger partial charge in [0.1, 0.15) is 5.82 Å². The highest BCUT2D eigenvalue weighted by atomic mass is 32.2. The molecule has 0 bridgehead atoms. The normalized spacial score (nSPS) is 10.7. The van der Waals surface area contributed by atoms with Crippen LogP contribution in [0.3, 0.4) is 0 Å². The first-order valence-electron chi connectivity index (χ1n) is 8.29. The molecule has 0 atom stereocenters. The highest BCUT2D eigenvalue weighted by molar-refractivity contribution is 7.97. The van der Waals surface area contributed by atoms with Gasteiger partial charge in [-0.3, -0.25) is 4.79 Å².